The van der Waals surface area contributed by atoms with Gasteiger partial charge in [0.25, 0.3) is 0 Å². The number of piperidine rings is 1. The molecule has 0 radical (unpaired) electrons. The molecule has 1 aromatic carbocycles. The van der Waals surface area contributed by atoms with E-state index in [0.717, 1.165) is 6.07 Å². The number of fused-ring (bicyclic) bond motifs is 1. The zero-order chi connectivity index (χ0) is 20.0. The molecular formula is C22H27NO4. The fraction of sp³-hybridized carbons (Fsp3) is 0.318. The molecule has 2 aromatic rings. The minimum Gasteiger partial charge on any atom is -0.508 e. The van der Waals surface area contributed by atoms with Crippen LogP contribution in [0.2, 0.25) is 0 Å². The molecule has 1 aliphatic rings. The van der Waals surface area contributed by atoms with Crippen molar-refractivity contribution in [2.45, 2.75) is 26.2 Å². The number of hydrogen-bond acceptors (Lipinski definition) is 5. The van der Waals surface area contributed by atoms with Crippen molar-refractivity contribution in [2.75, 3.05) is 20.1 Å². The van der Waals surface area contributed by atoms with Crippen molar-refractivity contribution in [1.29, 1.82) is 0 Å². The van der Waals surface area contributed by atoms with Crippen LogP contribution < -0.4 is 5.43 Å². The maximum absolute atomic E-state index is 12.1. The van der Waals surface area contributed by atoms with Crippen LogP contribution in [-0.2, 0) is 0 Å². The molecule has 2 N–H and O–H groups in total. The lowest BCUT2D eigenvalue weighted by molar-refractivity contribution is 0.277. The molecule has 0 unspecified atom stereocenters. The molecule has 27 heavy (non-hydrogen) atoms. The van der Waals surface area contributed by atoms with E-state index in [1.165, 1.54) is 44.5 Å². The van der Waals surface area contributed by atoms with Gasteiger partial charge in [0.05, 0.1) is 0 Å². The lowest BCUT2D eigenvalue weighted by Gasteiger charge is -2.20. The van der Waals surface area contributed by atoms with Crippen molar-refractivity contribution >= 4 is 16.5 Å². The van der Waals surface area contributed by atoms with Gasteiger partial charge >= 0.3 is 0 Å². The molecule has 0 spiro atoms. The van der Waals surface area contributed by atoms with Crippen molar-refractivity contribution < 1.29 is 14.6 Å². The molecule has 0 saturated carbocycles. The largest absolute Gasteiger partial charge is 0.508 e. The van der Waals surface area contributed by atoms with E-state index in [0.29, 0.717) is 16.9 Å². The Morgan fingerprint density at radius 2 is 1.85 bits per heavy atom. The highest BCUT2D eigenvalue weighted by Gasteiger charge is 2.13. The van der Waals surface area contributed by atoms with Crippen molar-refractivity contribution in [3.8, 4) is 11.5 Å². The monoisotopic (exact) mass is 369 g/mol. The normalized spacial score (nSPS) is 15.1. The number of hydrogen-bond donors (Lipinski definition) is 2. The zero-order valence-corrected chi connectivity index (χ0v) is 16.0. The number of benzene rings is 1. The molecule has 144 valence electrons. The quantitative estimate of drug-likeness (QED) is 0.782. The van der Waals surface area contributed by atoms with Gasteiger partial charge in [0.1, 0.15) is 28.2 Å². The van der Waals surface area contributed by atoms with Gasteiger partial charge in [0.15, 0.2) is 5.43 Å². The highest BCUT2D eigenvalue weighted by molar-refractivity contribution is 5.86. The third-order valence-corrected chi connectivity index (χ3v) is 4.38. The summed E-state index contributed by atoms with van der Waals surface area (Å²) >= 11 is 0. The molecule has 5 nitrogen and oxygen atoms in total. The van der Waals surface area contributed by atoms with Gasteiger partial charge in [-0.25, -0.2) is 0 Å². The van der Waals surface area contributed by atoms with Crippen LogP contribution in [0.25, 0.3) is 16.5 Å². The van der Waals surface area contributed by atoms with Crippen molar-refractivity contribution in [3.63, 3.8) is 0 Å². The highest BCUT2D eigenvalue weighted by Crippen LogP contribution is 2.30. The van der Waals surface area contributed by atoms with Gasteiger partial charge in [-0.3, -0.25) is 4.79 Å². The summed E-state index contributed by atoms with van der Waals surface area (Å²) in [6, 6.07) is 3.66. The number of allylic oxidation sites excluding steroid dienone is 4. The third-order valence-electron chi connectivity index (χ3n) is 4.38. The lowest BCUT2D eigenvalue weighted by atomic mass is 10.0. The highest BCUT2D eigenvalue weighted by atomic mass is 16.3. The van der Waals surface area contributed by atoms with Gasteiger partial charge in [-0.05, 0) is 45.5 Å². The van der Waals surface area contributed by atoms with E-state index in [9.17, 15) is 15.0 Å². The summed E-state index contributed by atoms with van der Waals surface area (Å²) < 4.78 is 5.58. The van der Waals surface area contributed by atoms with Crippen LogP contribution in [-0.4, -0.2) is 35.3 Å². The van der Waals surface area contributed by atoms with Gasteiger partial charge < -0.3 is 19.5 Å². The molecule has 1 saturated heterocycles. The summed E-state index contributed by atoms with van der Waals surface area (Å²) in [7, 11) is 2.19. The summed E-state index contributed by atoms with van der Waals surface area (Å²) in [4.78, 5) is 14.5. The van der Waals surface area contributed by atoms with Crippen molar-refractivity contribution in [1.82, 2.24) is 4.90 Å². The maximum Gasteiger partial charge on any atom is 0.197 e. The summed E-state index contributed by atoms with van der Waals surface area (Å²) in [5.41, 5.74) is 1.05. The number of aromatic hydroxyl groups is 2. The topological polar surface area (TPSA) is 73.9 Å². The molecule has 3 rings (SSSR count). The first-order valence-corrected chi connectivity index (χ1v) is 9.01. The fourth-order valence-corrected chi connectivity index (χ4v) is 2.99. The number of phenolic OH excluding ortho intramolecular Hbond substituents is 2. The minimum atomic E-state index is -0.394. The zero-order valence-electron chi connectivity index (χ0n) is 16.0. The Morgan fingerprint density at radius 1 is 1.19 bits per heavy atom. The Labute approximate surface area is 159 Å². The summed E-state index contributed by atoms with van der Waals surface area (Å²) in [5, 5.41) is 19.2. The van der Waals surface area contributed by atoms with E-state index < -0.39 is 5.43 Å². The van der Waals surface area contributed by atoms with Crippen molar-refractivity contribution in [2.24, 2.45) is 0 Å². The first-order valence-electron chi connectivity index (χ1n) is 9.01. The standard InChI is InChI=1S/C16H14O4.C6H13N/c1-4-5-11(9(2)3)14-8-13(19)16-12(18)6-10(17)7-15(16)20-14;1-7-5-3-2-4-6-7/h4-8,17-18H,1-2H2,3H3;2-6H2,1H3/b11-5+;. The van der Waals surface area contributed by atoms with Crippen LogP contribution in [0.1, 0.15) is 31.9 Å². The van der Waals surface area contributed by atoms with Crippen LogP contribution in [0.3, 0.4) is 0 Å². The smallest absolute Gasteiger partial charge is 0.197 e. The molecule has 1 fully saturated rings. The second kappa shape index (κ2) is 9.24. The Bertz CT molecular complexity index is 918. The average molecular weight is 369 g/mol. The van der Waals surface area contributed by atoms with Crippen LogP contribution in [0.15, 0.2) is 58.3 Å². The van der Waals surface area contributed by atoms with E-state index in [1.54, 1.807) is 19.1 Å². The predicted molar refractivity (Wildman–Crippen MR) is 110 cm³/mol. The van der Waals surface area contributed by atoms with E-state index >= 15 is 0 Å². The van der Waals surface area contributed by atoms with E-state index in [-0.39, 0.29) is 22.5 Å². The fourth-order valence-electron chi connectivity index (χ4n) is 2.99. The molecule has 0 atom stereocenters. The number of rotatable bonds is 3. The van der Waals surface area contributed by atoms with Crippen LogP contribution in [0.4, 0.5) is 0 Å². The predicted octanol–water partition coefficient (Wildman–Crippen LogP) is 4.45. The molecule has 1 aliphatic heterocycles. The molecule has 0 bridgehead atoms. The molecule has 1 aromatic heterocycles. The average Bonchev–Trinajstić information content (AvgIpc) is 2.59. The Balaban J connectivity index is 0.000000313. The van der Waals surface area contributed by atoms with Gasteiger partial charge in [0.2, 0.25) is 0 Å². The summed E-state index contributed by atoms with van der Waals surface area (Å²) in [6.45, 7) is 11.8. The number of likely N-dealkylation sites (tertiary alicyclic amines) is 1. The van der Waals surface area contributed by atoms with Crippen molar-refractivity contribution in [3.05, 3.63) is 65.1 Å². The first-order chi connectivity index (χ1) is 12.8. The van der Waals surface area contributed by atoms with E-state index in [2.05, 4.69) is 25.1 Å². The van der Waals surface area contributed by atoms with Gasteiger partial charge in [0, 0.05) is 23.8 Å². The Hall–Kier alpha value is -2.79. The van der Waals surface area contributed by atoms with Gasteiger partial charge in [-0.2, -0.15) is 0 Å². The van der Waals surface area contributed by atoms with E-state index in [4.69, 9.17) is 4.42 Å². The first kappa shape index (κ1) is 20.5. The molecular weight excluding hydrogens is 342 g/mol. The SMILES string of the molecule is C=C/C=C(\C(=C)C)c1cc(=O)c2c(O)cc(O)cc2o1.CN1CCCCC1. The Kier molecular flexibility index (Phi) is 7.02. The number of phenols is 2. The van der Waals surface area contributed by atoms with E-state index in [1.807, 2.05) is 0 Å². The summed E-state index contributed by atoms with van der Waals surface area (Å²) in [5.74, 6) is -0.190. The molecule has 0 amide bonds. The maximum atomic E-state index is 12.1. The van der Waals surface area contributed by atoms with Gasteiger partial charge in [-0.1, -0.05) is 31.7 Å². The van der Waals surface area contributed by atoms with Crippen LogP contribution >= 0.6 is 0 Å². The van der Waals surface area contributed by atoms with Crippen LogP contribution in [0.5, 0.6) is 11.5 Å². The molecule has 5 heteroatoms. The molecule has 2 heterocycles. The second-order valence-corrected chi connectivity index (χ2v) is 6.77. The van der Waals surface area contributed by atoms with Gasteiger partial charge in [-0.15, -0.1) is 0 Å². The third kappa shape index (κ3) is 5.34. The second-order valence-electron chi connectivity index (χ2n) is 6.77. The Morgan fingerprint density at radius 3 is 2.37 bits per heavy atom. The van der Waals surface area contributed by atoms with Crippen LogP contribution in [0, 0.1) is 0 Å². The summed E-state index contributed by atoms with van der Waals surface area (Å²) in [6.07, 6.45) is 7.51. The molecule has 0 aliphatic carbocycles. The number of nitrogens with zero attached hydrogens (tertiary/aromatic N) is 1. The lowest BCUT2D eigenvalue weighted by Crippen LogP contribution is -2.24. The minimum absolute atomic E-state index is 0.0335.